The van der Waals surface area contributed by atoms with Crippen molar-refractivity contribution in [1.29, 1.82) is 0 Å². The van der Waals surface area contributed by atoms with Gasteiger partial charge in [-0.1, -0.05) is 11.2 Å². The minimum atomic E-state index is 0.202. The van der Waals surface area contributed by atoms with Crippen LogP contribution < -0.4 is 4.74 Å². The van der Waals surface area contributed by atoms with Gasteiger partial charge in [-0.2, -0.15) is 4.98 Å². The third-order valence-electron chi connectivity index (χ3n) is 4.92. The zero-order valence-corrected chi connectivity index (χ0v) is 14.0. The second kappa shape index (κ2) is 6.49. The Labute approximate surface area is 141 Å². The lowest BCUT2D eigenvalue weighted by Crippen LogP contribution is -2.48. The average Bonchev–Trinajstić information content (AvgIpc) is 3.24. The van der Waals surface area contributed by atoms with Gasteiger partial charge in [0, 0.05) is 37.5 Å². The number of methoxy groups -OCH3 is 1. The first-order valence-electron chi connectivity index (χ1n) is 8.38. The van der Waals surface area contributed by atoms with Crippen molar-refractivity contribution in [3.63, 3.8) is 0 Å². The predicted molar refractivity (Wildman–Crippen MR) is 85.7 cm³/mol. The van der Waals surface area contributed by atoms with Gasteiger partial charge >= 0.3 is 0 Å². The summed E-state index contributed by atoms with van der Waals surface area (Å²) in [6.07, 6.45) is 3.97. The molecule has 24 heavy (non-hydrogen) atoms. The first-order valence-corrected chi connectivity index (χ1v) is 8.38. The van der Waals surface area contributed by atoms with Crippen molar-refractivity contribution >= 4 is 0 Å². The molecule has 7 nitrogen and oxygen atoms in total. The number of fused-ring (bicyclic) bond motifs is 1. The van der Waals surface area contributed by atoms with E-state index in [0.717, 1.165) is 38.1 Å². The summed E-state index contributed by atoms with van der Waals surface area (Å²) in [5, 5.41) is 3.94. The van der Waals surface area contributed by atoms with Gasteiger partial charge < -0.3 is 14.0 Å². The quantitative estimate of drug-likeness (QED) is 0.848. The van der Waals surface area contributed by atoms with Crippen LogP contribution in [0, 0.1) is 6.92 Å². The van der Waals surface area contributed by atoms with Crippen molar-refractivity contribution in [1.82, 2.24) is 20.0 Å². The first kappa shape index (κ1) is 15.5. The largest absolute Gasteiger partial charge is 0.481 e. The Hall–Kier alpha value is -1.99. The van der Waals surface area contributed by atoms with Crippen molar-refractivity contribution in [2.24, 2.45) is 0 Å². The molecule has 0 bridgehead atoms. The SMILES string of the molecule is COc1ncccc1CN1C[C@H](c2nc(C)no2)C[C@H]2OCC[C@H]21. The Balaban J connectivity index is 1.57. The third-order valence-corrected chi connectivity index (χ3v) is 4.92. The molecule has 4 heterocycles. The Morgan fingerprint density at radius 2 is 2.33 bits per heavy atom. The molecule has 2 saturated heterocycles. The summed E-state index contributed by atoms with van der Waals surface area (Å²) < 4.78 is 16.8. The number of hydrogen-bond acceptors (Lipinski definition) is 7. The molecule has 0 aromatic carbocycles. The molecule has 4 rings (SSSR count). The second-order valence-corrected chi connectivity index (χ2v) is 6.48. The zero-order chi connectivity index (χ0) is 16.5. The van der Waals surface area contributed by atoms with Crippen LogP contribution in [0.4, 0.5) is 0 Å². The number of pyridine rings is 1. The van der Waals surface area contributed by atoms with Gasteiger partial charge in [0.15, 0.2) is 5.82 Å². The van der Waals surface area contributed by atoms with Crippen LogP contribution in [-0.4, -0.2) is 52.4 Å². The smallest absolute Gasteiger partial charge is 0.231 e. The predicted octanol–water partition coefficient (Wildman–Crippen LogP) is 1.93. The fourth-order valence-electron chi connectivity index (χ4n) is 3.84. The van der Waals surface area contributed by atoms with Gasteiger partial charge in [-0.05, 0) is 25.8 Å². The first-order chi connectivity index (χ1) is 11.7. The summed E-state index contributed by atoms with van der Waals surface area (Å²) in [4.78, 5) is 11.2. The van der Waals surface area contributed by atoms with E-state index in [1.165, 1.54) is 0 Å². The lowest BCUT2D eigenvalue weighted by atomic mass is 9.89. The van der Waals surface area contributed by atoms with Gasteiger partial charge in [0.1, 0.15) is 0 Å². The fourth-order valence-corrected chi connectivity index (χ4v) is 3.84. The van der Waals surface area contributed by atoms with Gasteiger partial charge in [0.2, 0.25) is 11.8 Å². The van der Waals surface area contributed by atoms with E-state index in [-0.39, 0.29) is 12.0 Å². The molecular weight excluding hydrogens is 308 g/mol. The molecule has 0 N–H and O–H groups in total. The van der Waals surface area contributed by atoms with Crippen molar-refractivity contribution in [2.45, 2.75) is 44.4 Å². The van der Waals surface area contributed by atoms with Crippen LogP contribution in [0.2, 0.25) is 0 Å². The molecule has 0 saturated carbocycles. The van der Waals surface area contributed by atoms with Gasteiger partial charge in [-0.3, -0.25) is 4.90 Å². The minimum absolute atomic E-state index is 0.202. The monoisotopic (exact) mass is 330 g/mol. The number of aromatic nitrogens is 3. The molecule has 0 amide bonds. The molecule has 3 atom stereocenters. The fraction of sp³-hybridized carbons (Fsp3) is 0.588. The van der Waals surface area contributed by atoms with Crippen LogP contribution in [0.15, 0.2) is 22.9 Å². The van der Waals surface area contributed by atoms with E-state index < -0.39 is 0 Å². The van der Waals surface area contributed by atoms with Crippen LogP contribution >= 0.6 is 0 Å². The maximum Gasteiger partial charge on any atom is 0.231 e. The van der Waals surface area contributed by atoms with Gasteiger partial charge in [0.25, 0.3) is 0 Å². The summed E-state index contributed by atoms with van der Waals surface area (Å²) in [6, 6.07) is 4.44. The molecular formula is C17H22N4O3. The number of likely N-dealkylation sites (tertiary alicyclic amines) is 1. The van der Waals surface area contributed by atoms with Crippen molar-refractivity contribution < 1.29 is 14.0 Å². The number of nitrogens with zero attached hydrogens (tertiary/aromatic N) is 4. The molecule has 2 aromatic heterocycles. The molecule has 0 radical (unpaired) electrons. The summed E-state index contributed by atoms with van der Waals surface area (Å²) in [5.41, 5.74) is 1.09. The molecule has 7 heteroatoms. The van der Waals surface area contributed by atoms with Crippen LogP contribution in [0.1, 0.15) is 36.0 Å². The van der Waals surface area contributed by atoms with Crippen molar-refractivity contribution in [3.8, 4) is 5.88 Å². The highest BCUT2D eigenvalue weighted by atomic mass is 16.5. The van der Waals surface area contributed by atoms with E-state index in [4.69, 9.17) is 14.0 Å². The number of hydrogen-bond donors (Lipinski definition) is 0. The zero-order valence-electron chi connectivity index (χ0n) is 14.0. The maximum atomic E-state index is 5.96. The standard InChI is InChI=1S/C17H22N4O3/c1-11-19-17(24-20-11)13-8-15-14(5-7-23-15)21(10-13)9-12-4-3-6-18-16(12)22-2/h3-4,6,13-15H,5,7-10H2,1-2H3/t13-,14-,15-/m1/s1. The number of rotatable bonds is 4. The molecule has 2 fully saturated rings. The van der Waals surface area contributed by atoms with Crippen LogP contribution in [0.5, 0.6) is 5.88 Å². The van der Waals surface area contributed by atoms with E-state index in [0.29, 0.717) is 23.6 Å². The van der Waals surface area contributed by atoms with E-state index in [2.05, 4.69) is 26.1 Å². The van der Waals surface area contributed by atoms with E-state index in [1.807, 2.05) is 13.0 Å². The molecule has 0 spiro atoms. The summed E-state index contributed by atoms with van der Waals surface area (Å²) >= 11 is 0. The lowest BCUT2D eigenvalue weighted by molar-refractivity contribution is 0.00816. The summed E-state index contributed by atoms with van der Waals surface area (Å²) in [6.45, 7) is 4.32. The molecule has 2 aliphatic rings. The highest BCUT2D eigenvalue weighted by Crippen LogP contribution is 2.37. The second-order valence-electron chi connectivity index (χ2n) is 6.48. The van der Waals surface area contributed by atoms with Crippen LogP contribution in [0.25, 0.3) is 0 Å². The molecule has 2 aromatic rings. The number of ether oxygens (including phenoxy) is 2. The molecule has 0 aliphatic carbocycles. The third kappa shape index (κ3) is 2.89. The van der Waals surface area contributed by atoms with Crippen molar-refractivity contribution in [2.75, 3.05) is 20.3 Å². The van der Waals surface area contributed by atoms with Crippen molar-refractivity contribution in [3.05, 3.63) is 35.6 Å². The molecule has 0 unspecified atom stereocenters. The van der Waals surface area contributed by atoms with Gasteiger partial charge in [0.05, 0.1) is 19.1 Å². The minimum Gasteiger partial charge on any atom is -0.481 e. The normalized spacial score (nSPS) is 27.2. The van der Waals surface area contributed by atoms with E-state index in [9.17, 15) is 0 Å². The highest BCUT2D eigenvalue weighted by molar-refractivity contribution is 5.25. The Bertz CT molecular complexity index is 705. The topological polar surface area (TPSA) is 73.5 Å². The Morgan fingerprint density at radius 1 is 1.42 bits per heavy atom. The van der Waals surface area contributed by atoms with E-state index >= 15 is 0 Å². The maximum absolute atomic E-state index is 5.96. The van der Waals surface area contributed by atoms with Crippen LogP contribution in [0.3, 0.4) is 0 Å². The molecule has 128 valence electrons. The Kier molecular flexibility index (Phi) is 4.20. The highest BCUT2D eigenvalue weighted by Gasteiger charge is 2.42. The summed E-state index contributed by atoms with van der Waals surface area (Å²) in [7, 11) is 1.66. The van der Waals surface area contributed by atoms with Gasteiger partial charge in [-0.25, -0.2) is 4.98 Å². The lowest BCUT2D eigenvalue weighted by Gasteiger charge is -2.39. The number of piperidine rings is 1. The average molecular weight is 330 g/mol. The number of aryl methyl sites for hydroxylation is 1. The summed E-state index contributed by atoms with van der Waals surface area (Å²) in [5.74, 6) is 2.28. The Morgan fingerprint density at radius 3 is 3.12 bits per heavy atom. The molecule has 2 aliphatic heterocycles. The van der Waals surface area contributed by atoms with Crippen LogP contribution in [-0.2, 0) is 11.3 Å². The van der Waals surface area contributed by atoms with Gasteiger partial charge in [-0.15, -0.1) is 0 Å². The van der Waals surface area contributed by atoms with E-state index in [1.54, 1.807) is 13.3 Å².